The minimum absolute atomic E-state index is 0.0214. The molecule has 1 aliphatic carbocycles. The zero-order valence-corrected chi connectivity index (χ0v) is 20.1. The third kappa shape index (κ3) is 4.66. The van der Waals surface area contributed by atoms with E-state index in [0.717, 1.165) is 19.9 Å². The Morgan fingerprint density at radius 2 is 1.68 bits per heavy atom. The molecule has 15 heteroatoms. The minimum atomic E-state index is -6.32. The summed E-state index contributed by atoms with van der Waals surface area (Å²) in [6.45, 7) is 2.72. The summed E-state index contributed by atoms with van der Waals surface area (Å²) in [4.78, 5) is 12.6. The van der Waals surface area contributed by atoms with E-state index in [-0.39, 0.29) is 38.3 Å². The van der Waals surface area contributed by atoms with Crippen molar-refractivity contribution in [3.8, 4) is 16.9 Å². The zero-order chi connectivity index (χ0) is 27.7. The smallest absolute Gasteiger partial charge is 0.349 e. The Hall–Kier alpha value is -3.16. The topological polar surface area (TPSA) is 64.7 Å². The van der Waals surface area contributed by atoms with E-state index >= 15 is 0 Å². The molecule has 1 amide bonds. The highest BCUT2D eigenvalue weighted by molar-refractivity contribution is 6.34. The number of hydrogen-bond donors (Lipinski definition) is 1. The second-order valence-electron chi connectivity index (χ2n) is 8.64. The van der Waals surface area contributed by atoms with Crippen molar-refractivity contribution in [3.05, 3.63) is 51.4 Å². The molecule has 0 atom stereocenters. The molecule has 1 fully saturated rings. The monoisotopic (exact) mass is 555 g/mol. The normalized spacial score (nSPS) is 14.8. The van der Waals surface area contributed by atoms with Crippen LogP contribution in [0.3, 0.4) is 0 Å². The van der Waals surface area contributed by atoms with Crippen LogP contribution in [-0.4, -0.2) is 37.7 Å². The van der Waals surface area contributed by atoms with Crippen LogP contribution in [0.4, 0.5) is 35.1 Å². The van der Waals surface area contributed by atoms with Gasteiger partial charge in [-0.15, -0.1) is 0 Å². The van der Waals surface area contributed by atoms with Crippen LogP contribution in [-0.2, 0) is 19.1 Å². The van der Waals surface area contributed by atoms with Gasteiger partial charge < -0.3 is 5.32 Å². The largest absolute Gasteiger partial charge is 0.459 e. The molecule has 0 radical (unpaired) electrons. The summed E-state index contributed by atoms with van der Waals surface area (Å²) in [5.74, 6) is -7.46. The van der Waals surface area contributed by atoms with Crippen molar-refractivity contribution in [3.63, 3.8) is 0 Å². The molecule has 0 bridgehead atoms. The quantitative estimate of drug-likeness (QED) is 0.387. The highest BCUT2D eigenvalue weighted by Gasteiger charge is 2.64. The molecule has 1 aromatic carbocycles. The lowest BCUT2D eigenvalue weighted by Gasteiger charge is -2.20. The third-order valence-electron chi connectivity index (χ3n) is 5.86. The van der Waals surface area contributed by atoms with Gasteiger partial charge in [0.15, 0.2) is 11.5 Å². The van der Waals surface area contributed by atoms with E-state index in [2.05, 4.69) is 15.5 Å². The van der Waals surface area contributed by atoms with Crippen LogP contribution in [0.5, 0.6) is 0 Å². The summed E-state index contributed by atoms with van der Waals surface area (Å²) in [5.41, 5.74) is -4.00. The van der Waals surface area contributed by atoms with Crippen molar-refractivity contribution in [2.24, 2.45) is 7.05 Å². The Morgan fingerprint density at radius 1 is 1.05 bits per heavy atom. The van der Waals surface area contributed by atoms with Crippen LogP contribution >= 0.6 is 11.6 Å². The lowest BCUT2D eigenvalue weighted by Crippen LogP contribution is -2.36. The molecule has 1 aliphatic rings. The number of aryl methyl sites for hydroxylation is 2. The maximum absolute atomic E-state index is 14.1. The molecule has 200 valence electrons. The van der Waals surface area contributed by atoms with E-state index in [4.69, 9.17) is 11.6 Å². The van der Waals surface area contributed by atoms with E-state index in [1.807, 2.05) is 0 Å². The first kappa shape index (κ1) is 26.9. The molecule has 0 aliphatic heterocycles. The van der Waals surface area contributed by atoms with E-state index in [0.29, 0.717) is 10.2 Å². The van der Waals surface area contributed by atoms with Gasteiger partial charge in [-0.3, -0.25) is 4.79 Å². The van der Waals surface area contributed by atoms with Crippen LogP contribution in [0.25, 0.3) is 16.9 Å². The van der Waals surface area contributed by atoms with Gasteiger partial charge in [-0.25, -0.2) is 9.36 Å². The average molecular weight is 556 g/mol. The first-order chi connectivity index (χ1) is 16.9. The summed E-state index contributed by atoms with van der Waals surface area (Å²) < 4.78 is 110. The zero-order valence-electron chi connectivity index (χ0n) is 19.3. The maximum Gasteiger partial charge on any atom is 0.459 e. The van der Waals surface area contributed by atoms with Gasteiger partial charge in [0.25, 0.3) is 5.91 Å². The van der Waals surface area contributed by atoms with Crippen molar-refractivity contribution in [2.45, 2.75) is 51.0 Å². The Balaban J connectivity index is 1.90. The van der Waals surface area contributed by atoms with Gasteiger partial charge in [-0.2, -0.15) is 45.3 Å². The molecule has 1 saturated carbocycles. The van der Waals surface area contributed by atoms with Gasteiger partial charge in [0.05, 0.1) is 22.0 Å². The van der Waals surface area contributed by atoms with E-state index in [1.54, 1.807) is 0 Å². The summed E-state index contributed by atoms with van der Waals surface area (Å²) in [6, 6.07) is 4.31. The molecule has 0 saturated heterocycles. The predicted octanol–water partition coefficient (Wildman–Crippen LogP) is 6.11. The molecule has 37 heavy (non-hydrogen) atoms. The molecule has 1 N–H and O–H groups in total. The second kappa shape index (κ2) is 8.71. The minimum Gasteiger partial charge on any atom is -0.349 e. The van der Waals surface area contributed by atoms with Crippen LogP contribution in [0.2, 0.25) is 5.02 Å². The summed E-state index contributed by atoms with van der Waals surface area (Å²) in [5, 5.41) is 9.81. The lowest BCUT2D eigenvalue weighted by atomic mass is 10.0. The number of aromatic nitrogens is 4. The van der Waals surface area contributed by atoms with E-state index in [1.165, 1.54) is 32.0 Å². The van der Waals surface area contributed by atoms with Crippen LogP contribution in [0, 0.1) is 13.8 Å². The number of amides is 1. The highest BCUT2D eigenvalue weighted by atomic mass is 35.5. The number of hydrogen-bond acceptors (Lipinski definition) is 3. The molecule has 2 aromatic heterocycles. The first-order valence-corrected chi connectivity index (χ1v) is 11.1. The van der Waals surface area contributed by atoms with Crippen LogP contribution in [0.15, 0.2) is 18.2 Å². The van der Waals surface area contributed by atoms with Crippen LogP contribution in [0.1, 0.15) is 45.8 Å². The Morgan fingerprint density at radius 3 is 2.22 bits per heavy atom. The Bertz CT molecular complexity index is 1390. The predicted molar refractivity (Wildman–Crippen MR) is 116 cm³/mol. The Labute approximate surface area is 209 Å². The molecule has 3 aromatic rings. The number of alkyl halides is 8. The molecular weight excluding hydrogens is 538 g/mol. The van der Waals surface area contributed by atoms with Gasteiger partial charge in [-0.05, 0) is 44.4 Å². The fourth-order valence-corrected chi connectivity index (χ4v) is 4.19. The van der Waals surface area contributed by atoms with Gasteiger partial charge in [-0.1, -0.05) is 17.7 Å². The van der Waals surface area contributed by atoms with Crippen molar-refractivity contribution in [1.29, 1.82) is 0 Å². The molecule has 0 spiro atoms. The summed E-state index contributed by atoms with van der Waals surface area (Å²) in [7, 11) is 0.805. The van der Waals surface area contributed by atoms with Gasteiger partial charge in [0.1, 0.15) is 5.56 Å². The number of nitrogens with zero attached hydrogens (tertiary/aromatic N) is 4. The molecule has 2 heterocycles. The number of benzene rings is 1. The molecule has 0 unspecified atom stereocenters. The van der Waals surface area contributed by atoms with Gasteiger partial charge in [0, 0.05) is 18.7 Å². The Kier molecular flexibility index (Phi) is 6.33. The number of nitrogens with one attached hydrogen (secondary N) is 1. The molecule has 6 nitrogen and oxygen atoms in total. The number of halogens is 9. The number of rotatable bonds is 5. The first-order valence-electron chi connectivity index (χ1n) is 10.7. The fourth-order valence-electron chi connectivity index (χ4n) is 3.99. The third-order valence-corrected chi connectivity index (χ3v) is 6.19. The number of carbonyl (C=O) groups excluding carboxylic acids is 1. The lowest BCUT2D eigenvalue weighted by molar-refractivity contribution is -0.292. The van der Waals surface area contributed by atoms with Crippen molar-refractivity contribution < 1.29 is 39.9 Å². The van der Waals surface area contributed by atoms with Gasteiger partial charge in [0.2, 0.25) is 0 Å². The average Bonchev–Trinajstić information content (AvgIpc) is 3.42. The van der Waals surface area contributed by atoms with E-state index in [9.17, 15) is 39.9 Å². The second-order valence-corrected chi connectivity index (χ2v) is 9.05. The van der Waals surface area contributed by atoms with Crippen LogP contribution < -0.4 is 5.32 Å². The standard InChI is InChI=1S/C22H18ClF8N5O/c1-9-15(11-4-7-14(23)13(8-11)18(37)32-12-5-6-12)10(2)36(33-9)19-16(21(26,27)28)17(34-35(19)3)20(24,25)22(29,30)31/h4,7-8,12H,5-6H2,1-3H3,(H,32,37). The highest BCUT2D eigenvalue weighted by Crippen LogP contribution is 2.49. The van der Waals surface area contributed by atoms with Crippen molar-refractivity contribution >= 4 is 17.5 Å². The molecular formula is C22H18ClF8N5O. The van der Waals surface area contributed by atoms with Crippen molar-refractivity contribution in [1.82, 2.24) is 24.9 Å². The van der Waals surface area contributed by atoms with Gasteiger partial charge >= 0.3 is 18.3 Å². The number of carbonyl (C=O) groups is 1. The SMILES string of the molecule is Cc1nn(-c2c(C(F)(F)F)c(C(F)(F)C(F)(F)F)nn2C)c(C)c1-c1ccc(Cl)c(C(=O)NC2CC2)c1. The summed E-state index contributed by atoms with van der Waals surface area (Å²) >= 11 is 6.16. The molecule has 4 rings (SSSR count). The van der Waals surface area contributed by atoms with E-state index < -0.39 is 41.3 Å². The fraction of sp³-hybridized carbons (Fsp3) is 0.409. The maximum atomic E-state index is 14.1. The van der Waals surface area contributed by atoms with Crippen molar-refractivity contribution in [2.75, 3.05) is 0 Å². The summed E-state index contributed by atoms with van der Waals surface area (Å²) in [6.07, 6.45) is -10.3.